The summed E-state index contributed by atoms with van der Waals surface area (Å²) in [6.45, 7) is 2.77. The summed E-state index contributed by atoms with van der Waals surface area (Å²) in [5.74, 6) is 1.47. The molecule has 1 aliphatic heterocycles. The quantitative estimate of drug-likeness (QED) is 0.641. The number of hydrogen-bond donors (Lipinski definition) is 3. The minimum Gasteiger partial charge on any atom is -0.393 e. The third-order valence-corrected chi connectivity index (χ3v) is 6.19. The summed E-state index contributed by atoms with van der Waals surface area (Å²) in [6, 6.07) is 10.3. The van der Waals surface area contributed by atoms with Crippen LogP contribution in [-0.2, 0) is 6.54 Å². The van der Waals surface area contributed by atoms with Gasteiger partial charge in [-0.1, -0.05) is 30.3 Å². The summed E-state index contributed by atoms with van der Waals surface area (Å²) in [4.78, 5) is 12.9. The van der Waals surface area contributed by atoms with Crippen molar-refractivity contribution in [1.29, 1.82) is 0 Å². The van der Waals surface area contributed by atoms with Crippen molar-refractivity contribution in [2.24, 2.45) is 10.7 Å². The number of piperidine rings is 1. The van der Waals surface area contributed by atoms with Gasteiger partial charge in [-0.05, 0) is 50.4 Å². The lowest BCUT2D eigenvalue weighted by Gasteiger charge is -2.21. The molecule has 2 heterocycles. The molecule has 4 rings (SSSR count). The molecule has 27 heavy (non-hydrogen) atoms. The lowest BCUT2D eigenvalue weighted by Crippen LogP contribution is -2.29. The number of hydrogen-bond acceptors (Lipinski definition) is 5. The molecule has 2 fully saturated rings. The van der Waals surface area contributed by atoms with Crippen LogP contribution < -0.4 is 11.1 Å². The molecule has 1 saturated heterocycles. The molecule has 1 aromatic carbocycles. The molecular formula is C21H27N5S. The highest BCUT2D eigenvalue weighted by atomic mass is 32.2. The number of H-pyrrole nitrogens is 1. The highest BCUT2D eigenvalue weighted by Crippen LogP contribution is 2.38. The van der Waals surface area contributed by atoms with E-state index in [0.29, 0.717) is 17.7 Å². The molecule has 1 aromatic heterocycles. The second-order valence-corrected chi connectivity index (χ2v) is 8.64. The Kier molecular flexibility index (Phi) is 5.94. The number of aromatic amines is 1. The van der Waals surface area contributed by atoms with E-state index in [1.54, 1.807) is 11.8 Å². The zero-order valence-electron chi connectivity index (χ0n) is 15.5. The van der Waals surface area contributed by atoms with Gasteiger partial charge in [0.05, 0.1) is 11.6 Å². The van der Waals surface area contributed by atoms with Gasteiger partial charge in [-0.2, -0.15) is 0 Å². The lowest BCUT2D eigenvalue weighted by atomic mass is 10.2. The van der Waals surface area contributed by atoms with Gasteiger partial charge in [0.2, 0.25) is 0 Å². The molecule has 0 atom stereocenters. The first-order chi connectivity index (χ1) is 13.3. The minimum absolute atomic E-state index is 0.580. The molecule has 0 spiro atoms. The average Bonchev–Trinajstić information content (AvgIpc) is 3.44. The normalized spacial score (nSPS) is 19.4. The van der Waals surface area contributed by atoms with Gasteiger partial charge in [-0.3, -0.25) is 4.99 Å². The first-order valence-corrected chi connectivity index (χ1v) is 10.6. The van der Waals surface area contributed by atoms with Crippen molar-refractivity contribution in [3.63, 3.8) is 0 Å². The molecule has 0 radical (unpaired) electrons. The van der Waals surface area contributed by atoms with E-state index < -0.39 is 0 Å². The Hall–Kier alpha value is -2.05. The standard InChI is InChI=1S/C21H27N5S/c22-20(27-17-8-10-23-11-9-17)12-18(24-13-15-4-2-1-3-5-15)21-25-14-19(26-21)16-6-7-16/h1-5,12,14,16-17,23H,6-11,13,22H2,(H,25,26)/b20-12+,24-18?. The second-order valence-electron chi connectivity index (χ2n) is 7.26. The fraction of sp³-hybridized carbons (Fsp3) is 0.429. The molecule has 0 unspecified atom stereocenters. The molecule has 0 amide bonds. The molecule has 1 aliphatic carbocycles. The Morgan fingerprint density at radius 3 is 2.70 bits per heavy atom. The number of rotatable bonds is 7. The maximum Gasteiger partial charge on any atom is 0.155 e. The fourth-order valence-electron chi connectivity index (χ4n) is 3.29. The molecule has 4 N–H and O–H groups in total. The SMILES string of the molecule is N/C(=C\C(=NCc1ccccc1)c1ncc(C2CC2)[nH]1)SC1CCNCC1. The van der Waals surface area contributed by atoms with Crippen molar-refractivity contribution < 1.29 is 0 Å². The van der Waals surface area contributed by atoms with Crippen LogP contribution in [0.2, 0.25) is 0 Å². The van der Waals surface area contributed by atoms with Crippen LogP contribution in [0.4, 0.5) is 0 Å². The van der Waals surface area contributed by atoms with Crippen LogP contribution in [0.15, 0.2) is 52.6 Å². The first-order valence-electron chi connectivity index (χ1n) is 9.76. The van der Waals surface area contributed by atoms with Crippen molar-refractivity contribution in [3.8, 4) is 0 Å². The monoisotopic (exact) mass is 381 g/mol. The van der Waals surface area contributed by atoms with E-state index in [1.807, 2.05) is 30.5 Å². The first kappa shape index (κ1) is 18.3. The van der Waals surface area contributed by atoms with Crippen molar-refractivity contribution in [2.45, 2.75) is 43.4 Å². The number of nitrogens with zero attached hydrogens (tertiary/aromatic N) is 2. The van der Waals surface area contributed by atoms with Gasteiger partial charge < -0.3 is 16.0 Å². The van der Waals surface area contributed by atoms with Crippen LogP contribution >= 0.6 is 11.8 Å². The largest absolute Gasteiger partial charge is 0.393 e. The number of nitrogens with two attached hydrogens (primary N) is 1. The lowest BCUT2D eigenvalue weighted by molar-refractivity contribution is 0.532. The summed E-state index contributed by atoms with van der Waals surface area (Å²) in [6.07, 6.45) is 8.76. The van der Waals surface area contributed by atoms with E-state index in [1.165, 1.54) is 24.1 Å². The van der Waals surface area contributed by atoms with Crippen LogP contribution in [0, 0.1) is 0 Å². The van der Waals surface area contributed by atoms with E-state index in [2.05, 4.69) is 27.4 Å². The maximum absolute atomic E-state index is 6.37. The topological polar surface area (TPSA) is 79.1 Å². The highest BCUT2D eigenvalue weighted by molar-refractivity contribution is 8.03. The van der Waals surface area contributed by atoms with Gasteiger partial charge in [0, 0.05) is 23.1 Å². The summed E-state index contributed by atoms with van der Waals surface area (Å²) >= 11 is 1.77. The number of thioether (sulfide) groups is 1. The Morgan fingerprint density at radius 2 is 1.96 bits per heavy atom. The smallest absolute Gasteiger partial charge is 0.155 e. The fourth-order valence-corrected chi connectivity index (χ4v) is 4.33. The molecular weight excluding hydrogens is 354 g/mol. The average molecular weight is 382 g/mol. The summed E-state index contributed by atoms with van der Waals surface area (Å²) < 4.78 is 0. The number of imidazole rings is 1. The van der Waals surface area contributed by atoms with Gasteiger partial charge in [0.25, 0.3) is 0 Å². The summed E-state index contributed by atoms with van der Waals surface area (Å²) in [5.41, 5.74) is 9.61. The number of aliphatic imine (C=N–C) groups is 1. The van der Waals surface area contributed by atoms with Crippen LogP contribution in [-0.4, -0.2) is 34.0 Å². The van der Waals surface area contributed by atoms with Gasteiger partial charge in [-0.15, -0.1) is 11.8 Å². The Bertz CT molecular complexity index is 801. The van der Waals surface area contributed by atoms with Gasteiger partial charge in [0.1, 0.15) is 5.71 Å². The van der Waals surface area contributed by atoms with Crippen molar-refractivity contribution in [1.82, 2.24) is 15.3 Å². The van der Waals surface area contributed by atoms with E-state index in [0.717, 1.165) is 42.5 Å². The minimum atomic E-state index is 0.580. The van der Waals surface area contributed by atoms with Crippen LogP contribution in [0.5, 0.6) is 0 Å². The van der Waals surface area contributed by atoms with E-state index in [4.69, 9.17) is 10.7 Å². The second kappa shape index (κ2) is 8.76. The van der Waals surface area contributed by atoms with Gasteiger partial charge in [0.15, 0.2) is 5.82 Å². The van der Waals surface area contributed by atoms with Crippen molar-refractivity contribution >= 4 is 17.5 Å². The predicted molar refractivity (Wildman–Crippen MR) is 113 cm³/mol. The van der Waals surface area contributed by atoms with Gasteiger partial charge >= 0.3 is 0 Å². The van der Waals surface area contributed by atoms with E-state index in [9.17, 15) is 0 Å². The number of benzene rings is 1. The highest BCUT2D eigenvalue weighted by Gasteiger charge is 2.26. The van der Waals surface area contributed by atoms with E-state index >= 15 is 0 Å². The zero-order valence-corrected chi connectivity index (χ0v) is 16.3. The molecule has 5 nitrogen and oxygen atoms in total. The molecule has 142 valence electrons. The molecule has 2 aromatic rings. The zero-order chi connectivity index (χ0) is 18.5. The van der Waals surface area contributed by atoms with Crippen LogP contribution in [0.1, 0.15) is 48.7 Å². The molecule has 1 saturated carbocycles. The molecule has 2 aliphatic rings. The predicted octanol–water partition coefficient (Wildman–Crippen LogP) is 3.56. The third kappa shape index (κ3) is 5.23. The molecule has 0 bridgehead atoms. The van der Waals surface area contributed by atoms with E-state index in [-0.39, 0.29) is 0 Å². The Labute approximate surface area is 165 Å². The van der Waals surface area contributed by atoms with Crippen LogP contribution in [0.3, 0.4) is 0 Å². The number of aromatic nitrogens is 2. The van der Waals surface area contributed by atoms with Crippen molar-refractivity contribution in [3.05, 3.63) is 64.7 Å². The number of allylic oxidation sites excluding steroid dienone is 1. The van der Waals surface area contributed by atoms with Crippen LogP contribution in [0.25, 0.3) is 0 Å². The maximum atomic E-state index is 6.37. The summed E-state index contributed by atoms with van der Waals surface area (Å²) in [5, 5.41) is 4.80. The number of nitrogens with one attached hydrogen (secondary N) is 2. The van der Waals surface area contributed by atoms with Gasteiger partial charge in [-0.25, -0.2) is 4.98 Å². The molecule has 6 heteroatoms. The van der Waals surface area contributed by atoms with Crippen molar-refractivity contribution in [2.75, 3.05) is 13.1 Å². The third-order valence-electron chi connectivity index (χ3n) is 5.00. The summed E-state index contributed by atoms with van der Waals surface area (Å²) in [7, 11) is 0. The Morgan fingerprint density at radius 1 is 1.19 bits per heavy atom. The Balaban J connectivity index is 1.53.